The third-order valence-electron chi connectivity index (χ3n) is 3.26. The molecule has 1 N–H and O–H groups in total. The number of carboxylic acid groups (broad SMARTS) is 1. The topological polar surface area (TPSA) is 60.9 Å². The number of amides is 1. The largest absolute Gasteiger partial charge is 0.480 e. The molecule has 21 heavy (non-hydrogen) atoms. The van der Waals surface area contributed by atoms with Crippen molar-refractivity contribution in [3.8, 4) is 0 Å². The molecular formula is C13H13ClF2N2O3. The van der Waals surface area contributed by atoms with Gasteiger partial charge in [-0.1, -0.05) is 11.6 Å². The maximum atomic E-state index is 13.7. The average molecular weight is 319 g/mol. The van der Waals surface area contributed by atoms with Crippen LogP contribution in [0.1, 0.15) is 10.4 Å². The smallest absolute Gasteiger partial charge is 0.317 e. The van der Waals surface area contributed by atoms with Gasteiger partial charge in [-0.3, -0.25) is 14.5 Å². The highest BCUT2D eigenvalue weighted by molar-refractivity contribution is 6.30. The SMILES string of the molecule is O=C(O)CN1CCN(C(=O)c2cc(F)c(Cl)cc2F)CC1. The summed E-state index contributed by atoms with van der Waals surface area (Å²) in [5.74, 6) is -3.30. The van der Waals surface area contributed by atoms with Crippen molar-refractivity contribution < 1.29 is 23.5 Å². The minimum Gasteiger partial charge on any atom is -0.480 e. The van der Waals surface area contributed by atoms with Gasteiger partial charge >= 0.3 is 5.97 Å². The van der Waals surface area contributed by atoms with Gasteiger partial charge in [-0.25, -0.2) is 8.78 Å². The number of carbonyl (C=O) groups excluding carboxylic acids is 1. The molecule has 1 aromatic carbocycles. The van der Waals surface area contributed by atoms with Gasteiger partial charge < -0.3 is 10.0 Å². The van der Waals surface area contributed by atoms with E-state index >= 15 is 0 Å². The molecule has 2 rings (SSSR count). The summed E-state index contributed by atoms with van der Waals surface area (Å²) in [5.41, 5.74) is -0.372. The van der Waals surface area contributed by atoms with Gasteiger partial charge in [0.25, 0.3) is 5.91 Å². The Morgan fingerprint density at radius 1 is 1.14 bits per heavy atom. The lowest BCUT2D eigenvalue weighted by Crippen LogP contribution is -2.50. The first-order chi connectivity index (χ1) is 9.88. The molecule has 0 saturated carbocycles. The summed E-state index contributed by atoms with van der Waals surface area (Å²) in [6.45, 7) is 1.16. The lowest BCUT2D eigenvalue weighted by molar-refractivity contribution is -0.138. The zero-order valence-corrected chi connectivity index (χ0v) is 11.7. The molecule has 1 heterocycles. The predicted octanol–water partition coefficient (Wildman–Crippen LogP) is 1.46. The van der Waals surface area contributed by atoms with Gasteiger partial charge in [0.2, 0.25) is 0 Å². The quantitative estimate of drug-likeness (QED) is 0.857. The van der Waals surface area contributed by atoms with Crippen molar-refractivity contribution in [2.24, 2.45) is 0 Å². The van der Waals surface area contributed by atoms with Gasteiger partial charge in [-0.05, 0) is 12.1 Å². The van der Waals surface area contributed by atoms with Crippen LogP contribution in [0.4, 0.5) is 8.78 Å². The van der Waals surface area contributed by atoms with E-state index in [2.05, 4.69) is 0 Å². The average Bonchev–Trinajstić information content (AvgIpc) is 2.42. The first-order valence-corrected chi connectivity index (χ1v) is 6.64. The minimum absolute atomic E-state index is 0.105. The fourth-order valence-electron chi connectivity index (χ4n) is 2.16. The van der Waals surface area contributed by atoms with E-state index < -0.39 is 23.5 Å². The van der Waals surface area contributed by atoms with Crippen LogP contribution >= 0.6 is 11.6 Å². The first-order valence-electron chi connectivity index (χ1n) is 6.26. The van der Waals surface area contributed by atoms with E-state index in [1.165, 1.54) is 4.90 Å². The van der Waals surface area contributed by atoms with E-state index in [9.17, 15) is 18.4 Å². The molecule has 0 aromatic heterocycles. The van der Waals surface area contributed by atoms with Crippen LogP contribution in [0.15, 0.2) is 12.1 Å². The fourth-order valence-corrected chi connectivity index (χ4v) is 2.31. The van der Waals surface area contributed by atoms with Crippen molar-refractivity contribution in [2.45, 2.75) is 0 Å². The summed E-state index contributed by atoms with van der Waals surface area (Å²) in [6, 6.07) is 1.55. The van der Waals surface area contributed by atoms with Crippen LogP contribution in [0, 0.1) is 11.6 Å². The number of hydrogen-bond acceptors (Lipinski definition) is 3. The van der Waals surface area contributed by atoms with Crippen LogP contribution in [-0.2, 0) is 4.79 Å². The van der Waals surface area contributed by atoms with Gasteiger partial charge in [0.1, 0.15) is 11.6 Å². The van der Waals surface area contributed by atoms with E-state index in [1.54, 1.807) is 4.90 Å². The van der Waals surface area contributed by atoms with E-state index in [-0.39, 0.29) is 30.2 Å². The third-order valence-corrected chi connectivity index (χ3v) is 3.55. The number of piperazine rings is 1. The molecule has 0 bridgehead atoms. The van der Waals surface area contributed by atoms with Crippen LogP contribution in [0.25, 0.3) is 0 Å². The summed E-state index contributed by atoms with van der Waals surface area (Å²) >= 11 is 5.44. The van der Waals surface area contributed by atoms with Gasteiger partial charge in [0.15, 0.2) is 0 Å². The maximum Gasteiger partial charge on any atom is 0.317 e. The Kier molecular flexibility index (Phi) is 4.74. The van der Waals surface area contributed by atoms with E-state index in [0.29, 0.717) is 13.1 Å². The summed E-state index contributed by atoms with van der Waals surface area (Å²) < 4.78 is 27.0. The summed E-state index contributed by atoms with van der Waals surface area (Å²) in [6.07, 6.45) is 0. The molecular weight excluding hydrogens is 306 g/mol. The highest BCUT2D eigenvalue weighted by Crippen LogP contribution is 2.21. The predicted molar refractivity (Wildman–Crippen MR) is 71.3 cm³/mol. The van der Waals surface area contributed by atoms with E-state index in [1.807, 2.05) is 0 Å². The van der Waals surface area contributed by atoms with Crippen LogP contribution in [0.2, 0.25) is 5.02 Å². The number of nitrogens with zero attached hydrogens (tertiary/aromatic N) is 2. The molecule has 5 nitrogen and oxygen atoms in total. The van der Waals surface area contributed by atoms with Crippen molar-refractivity contribution in [1.29, 1.82) is 0 Å². The number of hydrogen-bond donors (Lipinski definition) is 1. The Hall–Kier alpha value is -1.73. The van der Waals surface area contributed by atoms with E-state index in [4.69, 9.17) is 16.7 Å². The zero-order valence-electron chi connectivity index (χ0n) is 11.0. The Morgan fingerprint density at radius 3 is 2.33 bits per heavy atom. The molecule has 1 aliphatic heterocycles. The highest BCUT2D eigenvalue weighted by Gasteiger charge is 2.25. The molecule has 1 fully saturated rings. The number of benzene rings is 1. The van der Waals surface area contributed by atoms with Crippen LogP contribution in [-0.4, -0.2) is 59.5 Å². The van der Waals surface area contributed by atoms with E-state index in [0.717, 1.165) is 12.1 Å². The Morgan fingerprint density at radius 2 is 1.76 bits per heavy atom. The second-order valence-corrected chi connectivity index (χ2v) is 5.12. The highest BCUT2D eigenvalue weighted by atomic mass is 35.5. The standard InChI is InChI=1S/C13H13ClF2N2O3/c14-9-6-10(15)8(5-11(9)16)13(21)18-3-1-17(2-4-18)7-12(19)20/h5-6H,1-4,7H2,(H,19,20). The molecule has 114 valence electrons. The fraction of sp³-hybridized carbons (Fsp3) is 0.385. The van der Waals surface area contributed by atoms with Gasteiger partial charge in [0.05, 0.1) is 17.1 Å². The van der Waals surface area contributed by atoms with Crippen molar-refractivity contribution in [2.75, 3.05) is 32.7 Å². The molecule has 8 heteroatoms. The van der Waals surface area contributed by atoms with Crippen LogP contribution in [0.3, 0.4) is 0 Å². The molecule has 0 aliphatic carbocycles. The number of halogens is 3. The van der Waals surface area contributed by atoms with Crippen LogP contribution < -0.4 is 0 Å². The second-order valence-electron chi connectivity index (χ2n) is 4.71. The van der Waals surface area contributed by atoms with Crippen LogP contribution in [0.5, 0.6) is 0 Å². The zero-order chi connectivity index (χ0) is 15.6. The Balaban J connectivity index is 2.05. The second kappa shape index (κ2) is 6.36. The minimum atomic E-state index is -0.944. The summed E-state index contributed by atoms with van der Waals surface area (Å²) in [7, 11) is 0. The van der Waals surface area contributed by atoms with Crippen molar-refractivity contribution in [3.63, 3.8) is 0 Å². The normalized spacial score (nSPS) is 16.0. The maximum absolute atomic E-state index is 13.7. The number of rotatable bonds is 3. The molecule has 1 saturated heterocycles. The molecule has 1 aliphatic rings. The molecule has 1 amide bonds. The van der Waals surface area contributed by atoms with Gasteiger partial charge in [-0.2, -0.15) is 0 Å². The van der Waals surface area contributed by atoms with Crippen molar-refractivity contribution in [1.82, 2.24) is 9.80 Å². The first kappa shape index (κ1) is 15.7. The third kappa shape index (κ3) is 3.68. The molecule has 0 atom stereocenters. The number of carbonyl (C=O) groups is 2. The monoisotopic (exact) mass is 318 g/mol. The molecule has 0 spiro atoms. The van der Waals surface area contributed by atoms with Gasteiger partial charge in [0, 0.05) is 26.2 Å². The lowest BCUT2D eigenvalue weighted by atomic mass is 10.1. The van der Waals surface area contributed by atoms with Gasteiger partial charge in [-0.15, -0.1) is 0 Å². The lowest BCUT2D eigenvalue weighted by Gasteiger charge is -2.33. The molecule has 0 radical (unpaired) electrons. The summed E-state index contributed by atoms with van der Waals surface area (Å²) in [4.78, 5) is 25.8. The number of aliphatic carboxylic acids is 1. The Bertz CT molecular complexity index is 575. The Labute approximate surface area is 124 Å². The molecule has 0 unspecified atom stereocenters. The molecule has 1 aromatic rings. The van der Waals surface area contributed by atoms with Crippen molar-refractivity contribution >= 4 is 23.5 Å². The summed E-state index contributed by atoms with van der Waals surface area (Å²) in [5, 5.41) is 8.31. The van der Waals surface area contributed by atoms with Crippen molar-refractivity contribution in [3.05, 3.63) is 34.4 Å². The number of carboxylic acids is 1.